The minimum atomic E-state index is -0.214. The third kappa shape index (κ3) is 6.11. The van der Waals surface area contributed by atoms with Gasteiger partial charge in [0.2, 0.25) is 0 Å². The van der Waals surface area contributed by atoms with Crippen LogP contribution in [0, 0.1) is 0 Å². The second-order valence-corrected chi connectivity index (χ2v) is 17.8. The Morgan fingerprint density at radius 3 is 1.28 bits per heavy atom. The van der Waals surface area contributed by atoms with Gasteiger partial charge < -0.3 is 9.80 Å². The van der Waals surface area contributed by atoms with Crippen LogP contribution in [0.1, 0.15) is 38.8 Å². The van der Waals surface area contributed by atoms with E-state index in [1.54, 1.807) is 0 Å². The fraction of sp³-hybridized carbons (Fsp3) is 0.154. The van der Waals surface area contributed by atoms with E-state index in [1.165, 1.54) is 21.9 Å². The Kier molecular flexibility index (Phi) is 9.77. The van der Waals surface area contributed by atoms with Crippen LogP contribution in [0.15, 0.2) is 169 Å². The van der Waals surface area contributed by atoms with Gasteiger partial charge in [-0.1, -0.05) is 94.7 Å². The van der Waals surface area contributed by atoms with E-state index in [4.69, 9.17) is 0 Å². The number of carbonyl (C=O) groups is 2. The number of likely N-dealkylation sites (N-methyl/N-ethyl adjacent to an activating group) is 2. The van der Waals surface area contributed by atoms with Crippen LogP contribution in [0.5, 0.6) is 0 Å². The lowest BCUT2D eigenvalue weighted by Gasteiger charge is -2.32. The van der Waals surface area contributed by atoms with Gasteiger partial charge in [0.25, 0.3) is 34.4 Å². The molecule has 6 heterocycles. The smallest absolute Gasteiger partial charge is 0.275 e. The van der Waals surface area contributed by atoms with Gasteiger partial charge in [-0.15, -0.1) is 0 Å². The quantitative estimate of drug-likeness (QED) is 0.238. The van der Waals surface area contributed by atoms with E-state index < -0.39 is 0 Å². The van der Waals surface area contributed by atoms with Crippen LogP contribution in [0.4, 0.5) is 22.7 Å². The molecule has 0 unspecified atom stereocenters. The van der Waals surface area contributed by atoms with Crippen LogP contribution in [0.2, 0.25) is 0 Å². The zero-order chi connectivity index (χ0) is 43.6. The molecule has 4 aromatic carbocycles. The molecule has 0 bridgehead atoms. The number of nitrogens with zero attached hydrogens (tertiary/aromatic N) is 6. The molecule has 7 aliphatic rings. The summed E-state index contributed by atoms with van der Waals surface area (Å²) in [5, 5.41) is 8.80. The number of fused-ring (bicyclic) bond motifs is 6. The van der Waals surface area contributed by atoms with Gasteiger partial charge >= 0.3 is 0 Å². The topological polar surface area (TPSA) is 81.5 Å². The normalized spacial score (nSPS) is 19.8. The standard InChI is InChI=1S/C52H44N8O2S2/c1-5-55-29-27-33(37-23-15-17-25-39(37)55)31-41-43-51(59(57(41)7-3)35-19-11-9-12-20-35)63-49-45(53-43)47(61)50-46(48(49)62)54-44-42(32-34-28-30-56(6-2)40-26-18-16-24-38(34)40)58(8-4)60(52(44)64-50)36-21-13-10-14-22-36/h9-32H,5-8H2,1-4H3/p+2. The van der Waals surface area contributed by atoms with Crippen LogP contribution in [-0.4, -0.2) is 78.9 Å². The van der Waals surface area contributed by atoms with Crippen LogP contribution in [-0.2, 0) is 9.59 Å². The summed E-state index contributed by atoms with van der Waals surface area (Å²) in [6, 6.07) is 37.3. The fourth-order valence-electron chi connectivity index (χ4n) is 9.36. The molecular formula is C52H46N8O2S2+2. The van der Waals surface area contributed by atoms with Crippen molar-refractivity contribution in [2.75, 3.05) is 46.0 Å². The maximum absolute atomic E-state index is 15.2. The van der Waals surface area contributed by atoms with Crippen LogP contribution in [0.25, 0.3) is 11.1 Å². The Balaban J connectivity index is 1.12. The van der Waals surface area contributed by atoms with Gasteiger partial charge in [0, 0.05) is 61.1 Å². The van der Waals surface area contributed by atoms with Gasteiger partial charge in [0.05, 0.1) is 11.4 Å². The first-order chi connectivity index (χ1) is 31.4. The molecule has 1 fully saturated rings. The number of allylic oxidation sites excluding steroid dienone is 6. The van der Waals surface area contributed by atoms with Gasteiger partial charge in [-0.3, -0.25) is 19.6 Å². The van der Waals surface area contributed by atoms with Gasteiger partial charge in [0.1, 0.15) is 11.4 Å². The minimum Gasteiger partial charge on any atom is -0.348 e. The average molecular weight is 879 g/mol. The molecule has 316 valence electrons. The minimum absolute atomic E-state index is 0.214. The Morgan fingerprint density at radius 1 is 0.500 bits per heavy atom. The first-order valence-electron chi connectivity index (χ1n) is 21.9. The van der Waals surface area contributed by atoms with E-state index in [0.717, 1.165) is 90.9 Å². The van der Waals surface area contributed by atoms with Crippen molar-refractivity contribution in [2.45, 2.75) is 27.7 Å². The van der Waals surface area contributed by atoms with Crippen molar-refractivity contribution in [3.05, 3.63) is 180 Å². The van der Waals surface area contributed by atoms with E-state index >= 15 is 9.59 Å². The molecule has 0 saturated heterocycles. The molecule has 6 aliphatic heterocycles. The molecule has 12 heteroatoms. The van der Waals surface area contributed by atoms with Crippen molar-refractivity contribution < 1.29 is 19.6 Å². The van der Waals surface area contributed by atoms with E-state index in [9.17, 15) is 0 Å². The number of benzene rings is 4. The molecule has 4 aromatic rings. The number of hydrogen-bond acceptors (Lipinski definition) is 8. The van der Waals surface area contributed by atoms with E-state index in [0.29, 0.717) is 34.2 Å². The van der Waals surface area contributed by atoms with Crippen LogP contribution >= 0.6 is 21.9 Å². The average Bonchev–Trinajstić information content (AvgIpc) is 3.83. The fourth-order valence-corrected chi connectivity index (χ4v) is 11.7. The van der Waals surface area contributed by atoms with Crippen molar-refractivity contribution in [2.24, 2.45) is 0 Å². The lowest BCUT2D eigenvalue weighted by molar-refractivity contribution is -0.386. The molecule has 11 rings (SSSR count). The van der Waals surface area contributed by atoms with Crippen molar-refractivity contribution in [1.29, 1.82) is 0 Å². The maximum atomic E-state index is 15.2. The summed E-state index contributed by atoms with van der Waals surface area (Å²) in [7, 11) is 2.73. The summed E-state index contributed by atoms with van der Waals surface area (Å²) in [4.78, 5) is 44.4. The SMILES string of the molecule is CCN1C=CC(=CC2=C3[NH+]=C4C(=O)C5=S=C6C(=C(C=C7C=CN(CC)c8ccccc87)N(CC)N6c6ccccc6)[NH+]=C5C(=O)C4=S=C3N(c3ccccc3)N2CC)c2ccccc21. The molecule has 64 heavy (non-hydrogen) atoms. The van der Waals surface area contributed by atoms with Gasteiger partial charge in [-0.05, 0) is 99.5 Å². The van der Waals surface area contributed by atoms with Crippen LogP contribution < -0.4 is 29.8 Å². The number of Topliss-reactive ketones (excluding diaryl/α,β-unsaturated/α-hetero) is 2. The molecule has 0 aromatic heterocycles. The van der Waals surface area contributed by atoms with Gasteiger partial charge in [-0.25, -0.2) is 10.0 Å². The molecule has 1 saturated carbocycles. The number of rotatable bonds is 8. The number of nitrogens with one attached hydrogen (secondary N) is 2. The largest absolute Gasteiger partial charge is 0.348 e. The van der Waals surface area contributed by atoms with Crippen molar-refractivity contribution >= 4 is 98.5 Å². The highest BCUT2D eigenvalue weighted by Gasteiger charge is 2.53. The summed E-state index contributed by atoms with van der Waals surface area (Å²) in [5.74, 6) is -0.428. The lowest BCUT2D eigenvalue weighted by Crippen LogP contribution is -2.85. The summed E-state index contributed by atoms with van der Waals surface area (Å²) in [6.45, 7) is 11.5. The summed E-state index contributed by atoms with van der Waals surface area (Å²) < 4.78 is 0. The summed E-state index contributed by atoms with van der Waals surface area (Å²) in [5.41, 5.74) is 12.6. The Morgan fingerprint density at radius 2 is 0.891 bits per heavy atom. The molecule has 0 spiro atoms. The summed E-state index contributed by atoms with van der Waals surface area (Å²) in [6.07, 6.45) is 13.0. The van der Waals surface area contributed by atoms with Crippen molar-refractivity contribution in [3.63, 3.8) is 0 Å². The number of carbonyl (C=O) groups excluding carboxylic acids is 2. The van der Waals surface area contributed by atoms with E-state index in [1.807, 2.05) is 36.4 Å². The van der Waals surface area contributed by atoms with Crippen LogP contribution in [0.3, 0.4) is 0 Å². The second kappa shape index (κ2) is 15.8. The van der Waals surface area contributed by atoms with Gasteiger partial charge in [0.15, 0.2) is 19.7 Å². The zero-order valence-electron chi connectivity index (χ0n) is 36.0. The predicted molar refractivity (Wildman–Crippen MR) is 267 cm³/mol. The number of ketones is 2. The molecule has 0 atom stereocenters. The Hall–Kier alpha value is -7.28. The molecule has 10 nitrogen and oxygen atoms in total. The lowest BCUT2D eigenvalue weighted by atomic mass is 9.92. The highest BCUT2D eigenvalue weighted by Crippen LogP contribution is 2.39. The number of anilines is 4. The molecule has 0 radical (unpaired) electrons. The third-order valence-corrected chi connectivity index (χ3v) is 14.7. The second-order valence-electron chi connectivity index (χ2n) is 15.8. The molecular weight excluding hydrogens is 833 g/mol. The van der Waals surface area contributed by atoms with Crippen molar-refractivity contribution in [1.82, 2.24) is 10.0 Å². The Bertz CT molecular complexity index is 2930. The number of hydrazine groups is 2. The van der Waals surface area contributed by atoms with Crippen molar-refractivity contribution in [3.8, 4) is 0 Å². The molecule has 0 amide bonds. The number of hydrogen-bond donors (Lipinski definition) is 2. The first kappa shape index (κ1) is 39.6. The highest BCUT2D eigenvalue weighted by atomic mass is 32.1. The predicted octanol–water partition coefficient (Wildman–Crippen LogP) is 5.09. The maximum Gasteiger partial charge on any atom is 0.275 e. The molecule has 1 aliphatic carbocycles. The molecule has 2 N–H and O–H groups in total. The van der Waals surface area contributed by atoms with E-state index in [-0.39, 0.29) is 11.6 Å². The number of para-hydroxylation sites is 4. The highest BCUT2D eigenvalue weighted by molar-refractivity contribution is 8.04. The van der Waals surface area contributed by atoms with Gasteiger partial charge in [-0.2, -0.15) is 9.98 Å². The van der Waals surface area contributed by atoms with E-state index in [2.05, 4.69) is 177 Å². The summed E-state index contributed by atoms with van der Waals surface area (Å²) >= 11 is 0. The monoisotopic (exact) mass is 878 g/mol. The Labute approximate surface area is 379 Å². The third-order valence-electron chi connectivity index (χ3n) is 12.4. The zero-order valence-corrected chi connectivity index (χ0v) is 37.6. The first-order valence-corrected chi connectivity index (χ1v) is 23.5.